The molecule has 1 aliphatic carbocycles. The van der Waals surface area contributed by atoms with E-state index in [1.54, 1.807) is 6.33 Å². The maximum Gasteiger partial charge on any atom is 0.130 e. The van der Waals surface area contributed by atoms with E-state index < -0.39 is 0 Å². The van der Waals surface area contributed by atoms with Crippen molar-refractivity contribution in [3.05, 3.63) is 17.0 Å². The number of nitrogens with zero attached hydrogens (tertiary/aromatic N) is 2. The van der Waals surface area contributed by atoms with E-state index in [0.29, 0.717) is 6.04 Å². The summed E-state index contributed by atoms with van der Waals surface area (Å²) in [6.45, 7) is 2.25. The number of hydrogen-bond donors (Lipinski definition) is 1. The highest BCUT2D eigenvalue weighted by Gasteiger charge is 2.22. The van der Waals surface area contributed by atoms with Crippen molar-refractivity contribution in [2.24, 2.45) is 5.92 Å². The summed E-state index contributed by atoms with van der Waals surface area (Å²) in [6.07, 6.45) is 9.65. The van der Waals surface area contributed by atoms with Crippen LogP contribution in [-0.4, -0.2) is 16.0 Å². The summed E-state index contributed by atoms with van der Waals surface area (Å²) in [4.78, 5) is 8.32. The topological polar surface area (TPSA) is 37.8 Å². The van der Waals surface area contributed by atoms with Crippen LogP contribution >= 0.6 is 15.9 Å². The van der Waals surface area contributed by atoms with Gasteiger partial charge in [0, 0.05) is 12.1 Å². The maximum atomic E-state index is 4.27. The van der Waals surface area contributed by atoms with Crippen molar-refractivity contribution in [2.45, 2.75) is 51.5 Å². The molecule has 2 rings (SSSR count). The van der Waals surface area contributed by atoms with Crippen molar-refractivity contribution >= 4 is 21.7 Å². The molecule has 1 heterocycles. The molecule has 0 aliphatic heterocycles. The van der Waals surface area contributed by atoms with Crippen LogP contribution in [0.15, 0.2) is 17.0 Å². The van der Waals surface area contributed by atoms with E-state index in [1.165, 1.54) is 32.1 Å². The highest BCUT2D eigenvalue weighted by molar-refractivity contribution is 9.10. The van der Waals surface area contributed by atoms with E-state index in [2.05, 4.69) is 38.1 Å². The van der Waals surface area contributed by atoms with Crippen LogP contribution in [0.2, 0.25) is 0 Å². The Morgan fingerprint density at radius 1 is 1.35 bits per heavy atom. The van der Waals surface area contributed by atoms with Gasteiger partial charge in [-0.05, 0) is 41.1 Å². The molecule has 0 amide bonds. The van der Waals surface area contributed by atoms with E-state index in [0.717, 1.165) is 22.8 Å². The Balaban J connectivity index is 1.98. The van der Waals surface area contributed by atoms with Crippen molar-refractivity contribution in [1.29, 1.82) is 0 Å². The smallest absolute Gasteiger partial charge is 0.130 e. The van der Waals surface area contributed by atoms with E-state index in [9.17, 15) is 0 Å². The molecule has 1 aromatic heterocycles. The monoisotopic (exact) mass is 297 g/mol. The third-order valence-electron chi connectivity index (χ3n) is 3.63. The second-order valence-corrected chi connectivity index (χ2v) is 5.60. The summed E-state index contributed by atoms with van der Waals surface area (Å²) < 4.78 is 0.841. The first-order valence-electron chi connectivity index (χ1n) is 6.53. The average Bonchev–Trinajstić information content (AvgIpc) is 2.37. The molecule has 1 fully saturated rings. The van der Waals surface area contributed by atoms with Gasteiger partial charge in [-0.25, -0.2) is 9.97 Å². The van der Waals surface area contributed by atoms with Crippen LogP contribution in [0.3, 0.4) is 0 Å². The number of nitrogens with one attached hydrogen (secondary N) is 1. The second kappa shape index (κ2) is 6.34. The van der Waals surface area contributed by atoms with Crippen LogP contribution in [0, 0.1) is 5.92 Å². The molecular weight excluding hydrogens is 278 g/mol. The fourth-order valence-corrected chi connectivity index (χ4v) is 3.00. The lowest BCUT2D eigenvalue weighted by Crippen LogP contribution is -2.30. The first-order valence-corrected chi connectivity index (χ1v) is 7.33. The predicted molar refractivity (Wildman–Crippen MR) is 74.0 cm³/mol. The van der Waals surface area contributed by atoms with Gasteiger partial charge in [-0.2, -0.15) is 0 Å². The van der Waals surface area contributed by atoms with Crippen LogP contribution in [0.25, 0.3) is 0 Å². The molecule has 1 N–H and O–H groups in total. The fourth-order valence-electron chi connectivity index (χ4n) is 2.69. The minimum Gasteiger partial charge on any atom is -0.367 e. The van der Waals surface area contributed by atoms with Crippen LogP contribution in [0.5, 0.6) is 0 Å². The van der Waals surface area contributed by atoms with Crippen molar-refractivity contribution in [2.75, 3.05) is 5.32 Å². The molecule has 17 heavy (non-hydrogen) atoms. The van der Waals surface area contributed by atoms with Gasteiger partial charge in [-0.3, -0.25) is 0 Å². The van der Waals surface area contributed by atoms with Gasteiger partial charge in [0.05, 0.1) is 0 Å². The number of halogens is 1. The second-order valence-electron chi connectivity index (χ2n) is 4.78. The molecule has 0 bridgehead atoms. The lowest BCUT2D eigenvalue weighted by molar-refractivity contribution is 0.312. The van der Waals surface area contributed by atoms with Gasteiger partial charge in [0.25, 0.3) is 0 Å². The molecule has 1 unspecified atom stereocenters. The average molecular weight is 298 g/mol. The minimum atomic E-state index is 0.553. The molecule has 0 radical (unpaired) electrons. The summed E-state index contributed by atoms with van der Waals surface area (Å²) in [7, 11) is 0. The molecular formula is C13H20BrN3. The maximum absolute atomic E-state index is 4.27. The Morgan fingerprint density at radius 3 is 2.76 bits per heavy atom. The van der Waals surface area contributed by atoms with Crippen molar-refractivity contribution in [1.82, 2.24) is 9.97 Å². The van der Waals surface area contributed by atoms with Gasteiger partial charge < -0.3 is 5.32 Å². The number of rotatable bonds is 4. The summed E-state index contributed by atoms with van der Waals surface area (Å²) in [6, 6.07) is 2.50. The molecule has 4 heteroatoms. The van der Waals surface area contributed by atoms with Crippen LogP contribution in [0.1, 0.15) is 45.4 Å². The summed E-state index contributed by atoms with van der Waals surface area (Å²) in [5.74, 6) is 1.74. The predicted octanol–water partition coefficient (Wildman–Crippen LogP) is 4.01. The molecule has 0 spiro atoms. The highest BCUT2D eigenvalue weighted by Crippen LogP contribution is 2.29. The molecule has 94 valence electrons. The molecule has 1 atom stereocenters. The number of hydrogen-bond acceptors (Lipinski definition) is 3. The Morgan fingerprint density at radius 2 is 2.12 bits per heavy atom. The van der Waals surface area contributed by atoms with Gasteiger partial charge in [-0.15, -0.1) is 0 Å². The number of anilines is 1. The Hall–Kier alpha value is -0.640. The van der Waals surface area contributed by atoms with Crippen molar-refractivity contribution < 1.29 is 0 Å². The molecule has 0 saturated heterocycles. The van der Waals surface area contributed by atoms with Crippen LogP contribution in [0.4, 0.5) is 5.82 Å². The standard InChI is InChI=1S/C13H20BrN3/c1-2-11(10-6-4-3-5-7-10)17-13-8-12(14)15-9-16-13/h8-11H,2-7H2,1H3,(H,15,16,17). The van der Waals surface area contributed by atoms with Gasteiger partial charge in [0.15, 0.2) is 0 Å². The summed E-state index contributed by atoms with van der Waals surface area (Å²) in [5.41, 5.74) is 0. The van der Waals surface area contributed by atoms with Gasteiger partial charge in [0.2, 0.25) is 0 Å². The first kappa shape index (κ1) is 12.8. The largest absolute Gasteiger partial charge is 0.367 e. The van der Waals surface area contributed by atoms with Gasteiger partial charge in [-0.1, -0.05) is 26.2 Å². The molecule has 3 nitrogen and oxygen atoms in total. The zero-order valence-corrected chi connectivity index (χ0v) is 11.9. The molecule has 0 aromatic carbocycles. The number of aromatic nitrogens is 2. The zero-order valence-electron chi connectivity index (χ0n) is 10.3. The quantitative estimate of drug-likeness (QED) is 0.853. The third kappa shape index (κ3) is 3.66. The normalized spacial score (nSPS) is 18.9. The van der Waals surface area contributed by atoms with E-state index >= 15 is 0 Å². The van der Waals surface area contributed by atoms with Gasteiger partial charge >= 0.3 is 0 Å². The SMILES string of the molecule is CCC(Nc1cc(Br)ncn1)C1CCCCC1. The Labute approximate surface area is 112 Å². The van der Waals surface area contributed by atoms with E-state index in [1.807, 2.05) is 6.07 Å². The van der Waals surface area contributed by atoms with Crippen LogP contribution < -0.4 is 5.32 Å². The highest BCUT2D eigenvalue weighted by atomic mass is 79.9. The molecule has 1 saturated carbocycles. The Kier molecular flexibility index (Phi) is 4.77. The van der Waals surface area contributed by atoms with Crippen molar-refractivity contribution in [3.8, 4) is 0 Å². The molecule has 1 aliphatic rings. The minimum absolute atomic E-state index is 0.553. The lowest BCUT2D eigenvalue weighted by atomic mass is 9.83. The Bertz CT molecular complexity index is 350. The van der Waals surface area contributed by atoms with Crippen molar-refractivity contribution in [3.63, 3.8) is 0 Å². The van der Waals surface area contributed by atoms with Crippen LogP contribution in [-0.2, 0) is 0 Å². The van der Waals surface area contributed by atoms with E-state index in [-0.39, 0.29) is 0 Å². The van der Waals surface area contributed by atoms with Gasteiger partial charge in [0.1, 0.15) is 16.7 Å². The first-order chi connectivity index (χ1) is 8.29. The summed E-state index contributed by atoms with van der Waals surface area (Å²) in [5, 5.41) is 3.56. The zero-order chi connectivity index (χ0) is 12.1. The fraction of sp³-hybridized carbons (Fsp3) is 0.692. The molecule has 1 aromatic rings. The summed E-state index contributed by atoms with van der Waals surface area (Å²) >= 11 is 3.38. The van der Waals surface area contributed by atoms with E-state index in [4.69, 9.17) is 0 Å². The lowest BCUT2D eigenvalue weighted by Gasteiger charge is -2.30. The third-order valence-corrected chi connectivity index (χ3v) is 4.06.